The molecule has 2 saturated heterocycles. The number of hydrogen-bond donors (Lipinski definition) is 1. The van der Waals surface area contributed by atoms with Crippen molar-refractivity contribution in [2.24, 2.45) is 0 Å². The van der Waals surface area contributed by atoms with E-state index in [0.29, 0.717) is 18.1 Å². The lowest BCUT2D eigenvalue weighted by Crippen LogP contribution is -2.56. The van der Waals surface area contributed by atoms with E-state index in [4.69, 9.17) is 0 Å². The minimum atomic E-state index is 0.0819. The molecule has 2 aromatic rings. The molecular weight excluding hydrogens is 328 g/mol. The molecule has 0 radical (unpaired) electrons. The number of thiophene rings is 1. The van der Waals surface area contributed by atoms with E-state index in [-0.39, 0.29) is 5.91 Å². The van der Waals surface area contributed by atoms with Crippen molar-refractivity contribution in [2.45, 2.75) is 63.7 Å². The van der Waals surface area contributed by atoms with E-state index in [2.05, 4.69) is 27.7 Å². The van der Waals surface area contributed by atoms with Gasteiger partial charge in [-0.15, -0.1) is 11.3 Å². The van der Waals surface area contributed by atoms with Crippen LogP contribution in [0.1, 0.15) is 52.9 Å². The molecular formula is C21H26N2OS. The molecule has 0 spiro atoms. The fourth-order valence-corrected chi connectivity index (χ4v) is 5.20. The maximum atomic E-state index is 12.6. The van der Waals surface area contributed by atoms with Crippen LogP contribution in [-0.2, 0) is 6.54 Å². The van der Waals surface area contributed by atoms with Gasteiger partial charge in [-0.1, -0.05) is 30.2 Å². The highest BCUT2D eigenvalue weighted by atomic mass is 32.1. The molecule has 1 aromatic heterocycles. The summed E-state index contributed by atoms with van der Waals surface area (Å²) in [6, 6.07) is 13.8. The van der Waals surface area contributed by atoms with Gasteiger partial charge in [0.25, 0.3) is 5.91 Å². The smallest absolute Gasteiger partial charge is 0.251 e. The first-order valence-corrected chi connectivity index (χ1v) is 10.2. The summed E-state index contributed by atoms with van der Waals surface area (Å²) in [4.78, 5) is 16.8. The second-order valence-electron chi connectivity index (χ2n) is 7.50. The first-order chi connectivity index (χ1) is 12.2. The van der Waals surface area contributed by atoms with Crippen molar-refractivity contribution in [2.75, 3.05) is 0 Å². The number of rotatable bonds is 4. The number of hydrogen-bond acceptors (Lipinski definition) is 3. The molecule has 2 bridgehead atoms. The molecule has 2 fully saturated rings. The molecule has 25 heavy (non-hydrogen) atoms. The molecule has 132 valence electrons. The zero-order chi connectivity index (χ0) is 17.2. The average Bonchev–Trinajstić information content (AvgIpc) is 3.08. The Bertz CT molecular complexity index is 713. The lowest BCUT2D eigenvalue weighted by atomic mass is 9.81. The Kier molecular flexibility index (Phi) is 4.91. The molecule has 2 aliphatic heterocycles. The van der Waals surface area contributed by atoms with Crippen LogP contribution in [0.25, 0.3) is 0 Å². The van der Waals surface area contributed by atoms with Crippen molar-refractivity contribution in [1.82, 2.24) is 10.2 Å². The molecule has 1 unspecified atom stereocenters. The maximum absolute atomic E-state index is 12.6. The Morgan fingerprint density at radius 2 is 2.00 bits per heavy atom. The van der Waals surface area contributed by atoms with Crippen LogP contribution in [0.2, 0.25) is 0 Å². The third-order valence-electron chi connectivity index (χ3n) is 5.66. The predicted octanol–water partition coefficient (Wildman–Crippen LogP) is 4.37. The molecule has 4 heteroatoms. The number of piperidine rings is 2. The summed E-state index contributed by atoms with van der Waals surface area (Å²) in [6.07, 6.45) is 6.02. The predicted molar refractivity (Wildman–Crippen MR) is 103 cm³/mol. The highest BCUT2D eigenvalue weighted by molar-refractivity contribution is 7.09. The molecule has 0 saturated carbocycles. The zero-order valence-corrected chi connectivity index (χ0v) is 15.6. The number of carbonyl (C=O) groups excluding carboxylic acids is 1. The molecule has 3 nitrogen and oxygen atoms in total. The standard InChI is InChI=1S/C21H26N2OS/c1-15-5-2-6-16(11-15)21(24)22-17-12-18-7-3-8-19(13-17)23(18)14-20-9-4-10-25-20/h2,4-6,9-11,17-19H,3,7-8,12-14H2,1H3,(H,22,24)/t17?,18-,19+. The van der Waals surface area contributed by atoms with E-state index < -0.39 is 0 Å². The Morgan fingerprint density at radius 1 is 1.20 bits per heavy atom. The van der Waals surface area contributed by atoms with E-state index in [1.165, 1.54) is 24.1 Å². The molecule has 4 rings (SSSR count). The summed E-state index contributed by atoms with van der Waals surface area (Å²) in [7, 11) is 0. The van der Waals surface area contributed by atoms with Gasteiger partial charge < -0.3 is 5.32 Å². The van der Waals surface area contributed by atoms with Crippen molar-refractivity contribution < 1.29 is 4.79 Å². The van der Waals surface area contributed by atoms with Gasteiger partial charge in [0.05, 0.1) is 0 Å². The minimum Gasteiger partial charge on any atom is -0.349 e. The summed E-state index contributed by atoms with van der Waals surface area (Å²) in [5.74, 6) is 0.0819. The van der Waals surface area contributed by atoms with Gasteiger partial charge in [-0.25, -0.2) is 0 Å². The number of amides is 1. The maximum Gasteiger partial charge on any atom is 0.251 e. The third-order valence-corrected chi connectivity index (χ3v) is 6.52. The van der Waals surface area contributed by atoms with Crippen LogP contribution in [0.5, 0.6) is 0 Å². The second kappa shape index (κ2) is 7.30. The number of carbonyl (C=O) groups is 1. The Labute approximate surface area is 154 Å². The number of fused-ring (bicyclic) bond motifs is 2. The Balaban J connectivity index is 1.42. The van der Waals surface area contributed by atoms with Crippen molar-refractivity contribution in [3.8, 4) is 0 Å². The van der Waals surface area contributed by atoms with Gasteiger partial charge in [0.2, 0.25) is 0 Å². The SMILES string of the molecule is Cc1cccc(C(=O)NC2C[C@H]3CCC[C@@H](C2)N3Cc2cccs2)c1. The number of nitrogens with zero attached hydrogens (tertiary/aromatic N) is 1. The fourth-order valence-electron chi connectivity index (χ4n) is 4.49. The van der Waals surface area contributed by atoms with Crippen LogP contribution in [-0.4, -0.2) is 28.9 Å². The molecule has 1 aromatic carbocycles. The monoisotopic (exact) mass is 354 g/mol. The van der Waals surface area contributed by atoms with Gasteiger partial charge in [0.15, 0.2) is 0 Å². The van der Waals surface area contributed by atoms with Crippen LogP contribution in [0.15, 0.2) is 41.8 Å². The van der Waals surface area contributed by atoms with Gasteiger partial charge >= 0.3 is 0 Å². The van der Waals surface area contributed by atoms with Gasteiger partial charge in [-0.3, -0.25) is 9.69 Å². The summed E-state index contributed by atoms with van der Waals surface area (Å²) >= 11 is 1.85. The average molecular weight is 355 g/mol. The largest absolute Gasteiger partial charge is 0.349 e. The summed E-state index contributed by atoms with van der Waals surface area (Å²) < 4.78 is 0. The fraction of sp³-hybridized carbons (Fsp3) is 0.476. The first-order valence-electron chi connectivity index (χ1n) is 9.35. The van der Waals surface area contributed by atoms with E-state index in [1.54, 1.807) is 0 Å². The quantitative estimate of drug-likeness (QED) is 0.884. The molecule has 2 aliphatic rings. The van der Waals surface area contributed by atoms with E-state index >= 15 is 0 Å². The molecule has 1 N–H and O–H groups in total. The van der Waals surface area contributed by atoms with E-state index in [0.717, 1.165) is 30.5 Å². The van der Waals surface area contributed by atoms with Gasteiger partial charge in [-0.05, 0) is 56.2 Å². The van der Waals surface area contributed by atoms with Crippen LogP contribution in [0, 0.1) is 6.92 Å². The second-order valence-corrected chi connectivity index (χ2v) is 8.53. The third kappa shape index (κ3) is 3.80. The molecule has 3 atom stereocenters. The summed E-state index contributed by atoms with van der Waals surface area (Å²) in [5, 5.41) is 5.47. The van der Waals surface area contributed by atoms with Crippen molar-refractivity contribution in [3.05, 3.63) is 57.8 Å². The highest BCUT2D eigenvalue weighted by Gasteiger charge is 2.38. The van der Waals surface area contributed by atoms with Gasteiger partial charge in [0, 0.05) is 35.1 Å². The van der Waals surface area contributed by atoms with Crippen LogP contribution >= 0.6 is 11.3 Å². The molecule has 1 amide bonds. The molecule has 0 aliphatic carbocycles. The highest BCUT2D eigenvalue weighted by Crippen LogP contribution is 2.35. The van der Waals surface area contributed by atoms with Crippen molar-refractivity contribution in [1.29, 1.82) is 0 Å². The van der Waals surface area contributed by atoms with E-state index in [9.17, 15) is 4.79 Å². The summed E-state index contributed by atoms with van der Waals surface area (Å²) in [6.45, 7) is 3.11. The minimum absolute atomic E-state index is 0.0819. The zero-order valence-electron chi connectivity index (χ0n) is 14.8. The normalized spacial score (nSPS) is 26.4. The van der Waals surface area contributed by atoms with Crippen LogP contribution in [0.3, 0.4) is 0 Å². The van der Waals surface area contributed by atoms with Gasteiger partial charge in [0.1, 0.15) is 0 Å². The number of benzene rings is 1. The van der Waals surface area contributed by atoms with Gasteiger partial charge in [-0.2, -0.15) is 0 Å². The van der Waals surface area contributed by atoms with Crippen molar-refractivity contribution >= 4 is 17.2 Å². The van der Waals surface area contributed by atoms with Crippen molar-refractivity contribution in [3.63, 3.8) is 0 Å². The van der Waals surface area contributed by atoms with Crippen LogP contribution in [0.4, 0.5) is 0 Å². The lowest BCUT2D eigenvalue weighted by molar-refractivity contribution is 0.0184. The lowest BCUT2D eigenvalue weighted by Gasteiger charge is -2.49. The Morgan fingerprint density at radius 3 is 2.68 bits per heavy atom. The summed E-state index contributed by atoms with van der Waals surface area (Å²) in [5.41, 5.74) is 1.92. The topological polar surface area (TPSA) is 32.3 Å². The number of nitrogens with one attached hydrogen (secondary N) is 1. The molecule has 3 heterocycles. The van der Waals surface area contributed by atoms with E-state index in [1.807, 2.05) is 42.5 Å². The van der Waals surface area contributed by atoms with Crippen LogP contribution < -0.4 is 5.32 Å². The Hall–Kier alpha value is -1.65. The number of aryl methyl sites for hydroxylation is 1. The first kappa shape index (κ1) is 16.8.